The maximum absolute atomic E-state index is 12.3. The number of esters is 1. The third-order valence-corrected chi connectivity index (χ3v) is 3.86. The van der Waals surface area contributed by atoms with Crippen molar-refractivity contribution in [2.45, 2.75) is 13.0 Å². The molecule has 0 unspecified atom stereocenters. The molecular weight excluding hydrogens is 358 g/mol. The monoisotopic (exact) mass is 377 g/mol. The van der Waals surface area contributed by atoms with Crippen molar-refractivity contribution in [3.63, 3.8) is 0 Å². The molecule has 0 aliphatic rings. The first-order chi connectivity index (χ1) is 12.2. The van der Waals surface area contributed by atoms with E-state index >= 15 is 0 Å². The fourth-order valence-electron chi connectivity index (χ4n) is 2.10. The molecule has 0 heterocycles. The molecule has 1 N–H and O–H groups in total. The van der Waals surface area contributed by atoms with Crippen LogP contribution in [0.15, 0.2) is 54.6 Å². The lowest BCUT2D eigenvalue weighted by Crippen LogP contribution is -2.27. The maximum atomic E-state index is 12.3. The van der Waals surface area contributed by atoms with Crippen molar-refractivity contribution in [2.75, 3.05) is 17.6 Å². The standard InChI is InChI=1S/C18H19NO6S/c1-13(25-17(20)12-24-16-6-4-3-5-7-16)18(21)14-8-10-15(11-9-14)19-26(2,22)23/h3-11,13,19H,12H2,1-2H3/t13-/m0/s1. The third kappa shape index (κ3) is 6.21. The van der Waals surface area contributed by atoms with E-state index in [0.29, 0.717) is 17.0 Å². The van der Waals surface area contributed by atoms with Gasteiger partial charge in [0.15, 0.2) is 12.7 Å². The second-order valence-electron chi connectivity index (χ2n) is 5.55. The van der Waals surface area contributed by atoms with Gasteiger partial charge in [0.25, 0.3) is 0 Å². The first kappa shape index (κ1) is 19.5. The predicted octanol–water partition coefficient (Wildman–Crippen LogP) is 2.25. The van der Waals surface area contributed by atoms with Gasteiger partial charge in [-0.2, -0.15) is 0 Å². The van der Waals surface area contributed by atoms with E-state index in [2.05, 4.69) is 4.72 Å². The summed E-state index contributed by atoms with van der Waals surface area (Å²) in [6.45, 7) is 1.16. The van der Waals surface area contributed by atoms with Crippen LogP contribution in [0.3, 0.4) is 0 Å². The number of ether oxygens (including phenoxy) is 2. The summed E-state index contributed by atoms with van der Waals surface area (Å²) in [5, 5.41) is 0. The highest BCUT2D eigenvalue weighted by Gasteiger charge is 2.20. The van der Waals surface area contributed by atoms with E-state index in [4.69, 9.17) is 9.47 Å². The van der Waals surface area contributed by atoms with Crippen LogP contribution in [-0.4, -0.2) is 39.1 Å². The van der Waals surface area contributed by atoms with E-state index in [1.54, 1.807) is 24.3 Å². The molecule has 7 nitrogen and oxygen atoms in total. The van der Waals surface area contributed by atoms with E-state index < -0.39 is 27.9 Å². The number of hydrogen-bond donors (Lipinski definition) is 1. The van der Waals surface area contributed by atoms with Gasteiger partial charge in [0.05, 0.1) is 6.26 Å². The number of ketones is 1. The molecule has 2 aromatic carbocycles. The van der Waals surface area contributed by atoms with Gasteiger partial charge in [-0.15, -0.1) is 0 Å². The maximum Gasteiger partial charge on any atom is 0.344 e. The minimum Gasteiger partial charge on any atom is -0.482 e. The van der Waals surface area contributed by atoms with E-state index in [0.717, 1.165) is 6.26 Å². The molecule has 2 rings (SSSR count). The van der Waals surface area contributed by atoms with Gasteiger partial charge in [0.2, 0.25) is 15.8 Å². The molecule has 0 radical (unpaired) electrons. The Hall–Kier alpha value is -2.87. The summed E-state index contributed by atoms with van der Waals surface area (Å²) in [4.78, 5) is 24.1. The molecule has 0 fully saturated rings. The fourth-order valence-corrected chi connectivity index (χ4v) is 2.66. The van der Waals surface area contributed by atoms with Crippen molar-refractivity contribution in [2.24, 2.45) is 0 Å². The Bertz CT molecular complexity index is 862. The Morgan fingerprint density at radius 3 is 2.23 bits per heavy atom. The van der Waals surface area contributed by atoms with Gasteiger partial charge in [-0.05, 0) is 43.3 Å². The zero-order valence-electron chi connectivity index (χ0n) is 14.3. The summed E-state index contributed by atoms with van der Waals surface area (Å²) in [5.74, 6) is -0.536. The number of anilines is 1. The SMILES string of the molecule is C[C@H](OC(=O)COc1ccccc1)C(=O)c1ccc(NS(C)(=O)=O)cc1. The highest BCUT2D eigenvalue weighted by atomic mass is 32.2. The molecule has 0 saturated carbocycles. The van der Waals surface area contributed by atoms with Crippen LogP contribution in [0.25, 0.3) is 0 Å². The average molecular weight is 377 g/mol. The van der Waals surface area contributed by atoms with E-state index in [-0.39, 0.29) is 6.61 Å². The Kier molecular flexibility index (Phi) is 6.35. The lowest BCUT2D eigenvalue weighted by Gasteiger charge is -2.13. The number of nitrogens with one attached hydrogen (secondary N) is 1. The summed E-state index contributed by atoms with van der Waals surface area (Å²) >= 11 is 0. The Morgan fingerprint density at radius 2 is 1.65 bits per heavy atom. The van der Waals surface area contributed by atoms with Crippen LogP contribution in [0.1, 0.15) is 17.3 Å². The van der Waals surface area contributed by atoms with Crippen molar-refractivity contribution in [1.29, 1.82) is 0 Å². The van der Waals surface area contributed by atoms with Crippen LogP contribution in [-0.2, 0) is 19.6 Å². The smallest absolute Gasteiger partial charge is 0.344 e. The second-order valence-corrected chi connectivity index (χ2v) is 7.30. The van der Waals surface area contributed by atoms with Crippen molar-refractivity contribution >= 4 is 27.5 Å². The molecule has 8 heteroatoms. The minimum atomic E-state index is -3.39. The summed E-state index contributed by atoms with van der Waals surface area (Å²) in [5.41, 5.74) is 0.637. The minimum absolute atomic E-state index is 0.299. The Labute approximate surface area is 152 Å². The van der Waals surface area contributed by atoms with Crippen molar-refractivity contribution in [3.05, 3.63) is 60.2 Å². The summed E-state index contributed by atoms with van der Waals surface area (Å²) in [6, 6.07) is 14.6. The molecule has 2 aromatic rings. The quantitative estimate of drug-likeness (QED) is 0.560. The summed E-state index contributed by atoms with van der Waals surface area (Å²) in [6.07, 6.45) is 0.0426. The summed E-state index contributed by atoms with van der Waals surface area (Å²) in [7, 11) is -3.39. The van der Waals surface area contributed by atoms with Gasteiger partial charge in [-0.1, -0.05) is 18.2 Å². The molecule has 138 valence electrons. The van der Waals surface area contributed by atoms with Crippen LogP contribution >= 0.6 is 0 Å². The molecule has 0 amide bonds. The van der Waals surface area contributed by atoms with Crippen LogP contribution in [0, 0.1) is 0 Å². The topological polar surface area (TPSA) is 98.8 Å². The van der Waals surface area contributed by atoms with Gasteiger partial charge >= 0.3 is 5.97 Å². The van der Waals surface area contributed by atoms with Crippen molar-refractivity contribution < 1.29 is 27.5 Å². The number of benzene rings is 2. The largest absolute Gasteiger partial charge is 0.482 e. The second kappa shape index (κ2) is 8.48. The van der Waals surface area contributed by atoms with Crippen LogP contribution in [0.5, 0.6) is 5.75 Å². The van der Waals surface area contributed by atoms with E-state index in [1.807, 2.05) is 6.07 Å². The first-order valence-electron chi connectivity index (χ1n) is 7.74. The lowest BCUT2D eigenvalue weighted by atomic mass is 10.1. The zero-order valence-corrected chi connectivity index (χ0v) is 15.2. The number of carbonyl (C=O) groups is 2. The van der Waals surface area contributed by atoms with Crippen LogP contribution in [0.4, 0.5) is 5.69 Å². The zero-order chi connectivity index (χ0) is 19.2. The molecule has 0 aliphatic carbocycles. The van der Waals surface area contributed by atoms with Crippen LogP contribution < -0.4 is 9.46 Å². The Morgan fingerprint density at radius 1 is 1.04 bits per heavy atom. The molecule has 0 spiro atoms. The van der Waals surface area contributed by atoms with Gasteiger partial charge in [-0.25, -0.2) is 13.2 Å². The number of Topliss-reactive ketones (excluding diaryl/α,β-unsaturated/α-hetero) is 1. The number of rotatable bonds is 8. The summed E-state index contributed by atoms with van der Waals surface area (Å²) < 4.78 is 35.0. The van der Waals surface area contributed by atoms with Crippen LogP contribution in [0.2, 0.25) is 0 Å². The van der Waals surface area contributed by atoms with Crippen molar-refractivity contribution in [3.8, 4) is 5.75 Å². The van der Waals surface area contributed by atoms with Gasteiger partial charge in [0, 0.05) is 11.3 Å². The highest BCUT2D eigenvalue weighted by Crippen LogP contribution is 2.14. The molecule has 1 atom stereocenters. The average Bonchev–Trinajstić information content (AvgIpc) is 2.59. The number of para-hydroxylation sites is 1. The molecule has 0 bridgehead atoms. The first-order valence-corrected chi connectivity index (χ1v) is 9.63. The van der Waals surface area contributed by atoms with E-state index in [9.17, 15) is 18.0 Å². The number of carbonyl (C=O) groups excluding carboxylic acids is 2. The third-order valence-electron chi connectivity index (χ3n) is 3.25. The fraction of sp³-hybridized carbons (Fsp3) is 0.222. The molecule has 0 saturated heterocycles. The lowest BCUT2D eigenvalue weighted by molar-refractivity contribution is -0.148. The highest BCUT2D eigenvalue weighted by molar-refractivity contribution is 7.92. The van der Waals surface area contributed by atoms with E-state index in [1.165, 1.54) is 31.2 Å². The Balaban J connectivity index is 1.89. The molecular formula is C18H19NO6S. The van der Waals surface area contributed by atoms with Crippen molar-refractivity contribution in [1.82, 2.24) is 0 Å². The normalized spacial score (nSPS) is 12.1. The molecule has 0 aromatic heterocycles. The van der Waals surface area contributed by atoms with Gasteiger partial charge in [0.1, 0.15) is 5.75 Å². The van der Waals surface area contributed by atoms with Gasteiger partial charge in [-0.3, -0.25) is 9.52 Å². The predicted molar refractivity (Wildman–Crippen MR) is 96.7 cm³/mol. The number of sulfonamides is 1. The molecule has 26 heavy (non-hydrogen) atoms. The number of hydrogen-bond acceptors (Lipinski definition) is 6. The van der Waals surface area contributed by atoms with Gasteiger partial charge < -0.3 is 9.47 Å². The molecule has 0 aliphatic heterocycles.